The Kier molecular flexibility index (Phi) is 12.3. The lowest BCUT2D eigenvalue weighted by Crippen LogP contribution is -2.25. The van der Waals surface area contributed by atoms with Gasteiger partial charge in [-0.05, 0) is 82.3 Å². The smallest absolute Gasteiger partial charge is 0.497 e. The topological polar surface area (TPSA) is 93.9 Å². The Morgan fingerprint density at radius 2 is 1.02 bits per heavy atom. The third-order valence-corrected chi connectivity index (χ3v) is 8.61. The van der Waals surface area contributed by atoms with Crippen LogP contribution >= 0.6 is 0 Å². The number of hydrogen-bond donors (Lipinski definition) is 0. The monoisotopic (exact) mass is 791 g/mol. The van der Waals surface area contributed by atoms with Gasteiger partial charge in [-0.2, -0.15) is 0 Å². The molecule has 57 heavy (non-hydrogen) atoms. The Morgan fingerprint density at radius 1 is 0.614 bits per heavy atom. The largest absolute Gasteiger partial charge is 0.573 e. The molecule has 1 aromatic heterocycles. The highest BCUT2D eigenvalue weighted by Crippen LogP contribution is 2.30. The minimum atomic E-state index is -4.80. The van der Waals surface area contributed by atoms with Crippen molar-refractivity contribution in [1.82, 2.24) is 15.0 Å². The van der Waals surface area contributed by atoms with Gasteiger partial charge in [0.2, 0.25) is 11.6 Å². The molecule has 0 bridgehead atoms. The molecular formula is C42H35F6N3O6. The van der Waals surface area contributed by atoms with Crippen LogP contribution in [0, 0.1) is 0 Å². The van der Waals surface area contributed by atoms with E-state index in [2.05, 4.69) is 19.8 Å². The van der Waals surface area contributed by atoms with Gasteiger partial charge in [0.05, 0.1) is 20.3 Å². The first-order valence-corrected chi connectivity index (χ1v) is 17.6. The number of hydrogen-bond acceptors (Lipinski definition) is 8. The zero-order valence-corrected chi connectivity index (χ0v) is 30.5. The van der Waals surface area contributed by atoms with Crippen molar-refractivity contribution in [2.75, 3.05) is 13.7 Å². The number of methoxy groups -OCH3 is 1. The van der Waals surface area contributed by atoms with Crippen LogP contribution in [0.5, 0.6) is 23.1 Å². The van der Waals surface area contributed by atoms with Gasteiger partial charge in [0.1, 0.15) is 23.4 Å². The zero-order chi connectivity index (χ0) is 40.6. The highest BCUT2D eigenvalue weighted by atomic mass is 19.4. The van der Waals surface area contributed by atoms with Crippen LogP contribution in [0.2, 0.25) is 0 Å². The van der Waals surface area contributed by atoms with E-state index in [0.29, 0.717) is 29.7 Å². The molecule has 6 rings (SSSR count). The van der Waals surface area contributed by atoms with Gasteiger partial charge in [-0.3, -0.25) is 0 Å². The molecule has 0 saturated carbocycles. The molecule has 0 radical (unpaired) electrons. The molecule has 0 fully saturated rings. The maximum Gasteiger partial charge on any atom is 0.573 e. The molecule has 5 aromatic carbocycles. The minimum absolute atomic E-state index is 0.0991. The number of alkyl halides is 6. The number of halogens is 6. The van der Waals surface area contributed by atoms with Gasteiger partial charge in [0.15, 0.2) is 0 Å². The van der Waals surface area contributed by atoms with E-state index < -0.39 is 24.8 Å². The predicted octanol–water partition coefficient (Wildman–Crippen LogP) is 9.88. The summed E-state index contributed by atoms with van der Waals surface area (Å²) < 4.78 is 103. The maximum atomic E-state index is 13.1. The van der Waals surface area contributed by atoms with Crippen LogP contribution in [-0.4, -0.2) is 53.5 Å². The summed E-state index contributed by atoms with van der Waals surface area (Å²) in [6.07, 6.45) is -9.50. The maximum absolute atomic E-state index is 13.1. The van der Waals surface area contributed by atoms with Crippen molar-refractivity contribution in [2.24, 2.45) is 0 Å². The number of esters is 1. The van der Waals surface area contributed by atoms with Crippen LogP contribution in [0.3, 0.4) is 0 Å². The fraction of sp³-hybridized carbons (Fsp3) is 0.214. The first-order chi connectivity index (χ1) is 27.2. The average Bonchev–Trinajstić information content (AvgIpc) is 3.56. The van der Waals surface area contributed by atoms with Gasteiger partial charge in [0.25, 0.3) is 0 Å². The first kappa shape index (κ1) is 40.2. The number of rotatable bonds is 15. The average molecular weight is 792 g/mol. The molecule has 0 unspecified atom stereocenters. The third kappa shape index (κ3) is 11.3. The normalized spacial score (nSPS) is 11.7. The molecule has 0 atom stereocenters. The van der Waals surface area contributed by atoms with Gasteiger partial charge in [-0.1, -0.05) is 90.1 Å². The standard InChI is InChI=1S/C42H35F6N3O6/c1-3-54-40(52)38-39(51(50-49-38)26-29-8-18-34(53-2)19-9-29)55-37(24-27-4-10-30(11-5-27)32-14-20-35(21-15-32)56-41(43,44)45)25-28-6-12-31(13-7-28)33-16-22-36(23-17-33)57-42(46,47)48/h4-23,37H,3,24-26H2,1-2H3. The number of benzene rings is 5. The Bertz CT molecular complexity index is 2120. The van der Waals surface area contributed by atoms with E-state index in [0.717, 1.165) is 27.8 Å². The molecular weight excluding hydrogens is 756 g/mol. The molecule has 0 aliphatic rings. The fourth-order valence-electron chi connectivity index (χ4n) is 5.96. The second-order valence-electron chi connectivity index (χ2n) is 12.7. The molecule has 0 aliphatic carbocycles. The summed E-state index contributed by atoms with van der Waals surface area (Å²) in [6.45, 7) is 1.98. The minimum Gasteiger partial charge on any atom is -0.497 e. The second kappa shape index (κ2) is 17.5. The van der Waals surface area contributed by atoms with E-state index in [4.69, 9.17) is 14.2 Å². The number of carbonyl (C=O) groups is 1. The number of ether oxygens (including phenoxy) is 5. The SMILES string of the molecule is CCOC(=O)c1nnn(Cc2ccc(OC)cc2)c1OC(Cc1ccc(-c2ccc(OC(F)(F)F)cc2)cc1)Cc1ccc(-c2ccc(OC(F)(F)F)cc2)cc1. The summed E-state index contributed by atoms with van der Waals surface area (Å²) in [4.78, 5) is 13.1. The van der Waals surface area contributed by atoms with E-state index in [1.54, 1.807) is 26.2 Å². The van der Waals surface area contributed by atoms with Crippen LogP contribution in [-0.2, 0) is 24.1 Å². The molecule has 9 nitrogen and oxygen atoms in total. The molecule has 15 heteroatoms. The fourth-order valence-corrected chi connectivity index (χ4v) is 5.96. The van der Waals surface area contributed by atoms with Crippen molar-refractivity contribution in [2.45, 2.75) is 45.1 Å². The van der Waals surface area contributed by atoms with Gasteiger partial charge in [0, 0.05) is 12.8 Å². The van der Waals surface area contributed by atoms with E-state index in [1.807, 2.05) is 60.7 Å². The summed E-state index contributed by atoms with van der Waals surface area (Å²) in [5.74, 6) is -0.596. The number of aromatic nitrogens is 3. The predicted molar refractivity (Wildman–Crippen MR) is 197 cm³/mol. The van der Waals surface area contributed by atoms with E-state index >= 15 is 0 Å². The van der Waals surface area contributed by atoms with Gasteiger partial charge >= 0.3 is 18.7 Å². The van der Waals surface area contributed by atoms with Crippen molar-refractivity contribution in [3.05, 3.63) is 144 Å². The summed E-state index contributed by atoms with van der Waals surface area (Å²) in [6, 6.07) is 33.2. The molecule has 0 aliphatic heterocycles. The molecule has 0 amide bonds. The summed E-state index contributed by atoms with van der Waals surface area (Å²) in [7, 11) is 1.56. The zero-order valence-electron chi connectivity index (χ0n) is 30.5. The van der Waals surface area contributed by atoms with Gasteiger partial charge in [-0.15, -0.1) is 31.4 Å². The highest BCUT2D eigenvalue weighted by molar-refractivity contribution is 5.89. The van der Waals surface area contributed by atoms with Gasteiger partial charge < -0.3 is 23.7 Å². The van der Waals surface area contributed by atoms with E-state index in [9.17, 15) is 31.1 Å². The van der Waals surface area contributed by atoms with Gasteiger partial charge in [-0.25, -0.2) is 9.48 Å². The summed E-state index contributed by atoms with van der Waals surface area (Å²) in [5, 5.41) is 8.35. The van der Waals surface area contributed by atoms with E-state index in [-0.39, 0.29) is 36.2 Å². The molecule has 296 valence electrons. The Labute approximate surface area is 323 Å². The third-order valence-electron chi connectivity index (χ3n) is 8.61. The lowest BCUT2D eigenvalue weighted by molar-refractivity contribution is -0.275. The molecule has 6 aromatic rings. The van der Waals surface area contributed by atoms with Crippen molar-refractivity contribution in [3.63, 3.8) is 0 Å². The Morgan fingerprint density at radius 3 is 1.42 bits per heavy atom. The van der Waals surface area contributed by atoms with Crippen LogP contribution in [0.15, 0.2) is 121 Å². The van der Waals surface area contributed by atoms with Crippen LogP contribution in [0.1, 0.15) is 34.1 Å². The molecule has 1 heterocycles. The van der Waals surface area contributed by atoms with Crippen molar-refractivity contribution in [1.29, 1.82) is 0 Å². The Balaban J connectivity index is 1.27. The summed E-state index contributed by atoms with van der Waals surface area (Å²) in [5.41, 5.74) is 5.31. The number of nitrogens with zero attached hydrogens (tertiary/aromatic N) is 3. The Hall–Kier alpha value is -6.51. The molecule has 0 spiro atoms. The molecule has 0 N–H and O–H groups in total. The van der Waals surface area contributed by atoms with Crippen molar-refractivity contribution < 1.29 is 54.8 Å². The van der Waals surface area contributed by atoms with Crippen LogP contribution in [0.25, 0.3) is 22.3 Å². The van der Waals surface area contributed by atoms with Crippen molar-refractivity contribution in [3.8, 4) is 45.4 Å². The highest BCUT2D eigenvalue weighted by Gasteiger charge is 2.32. The lowest BCUT2D eigenvalue weighted by atomic mass is 9.97. The van der Waals surface area contributed by atoms with Crippen LogP contribution < -0.4 is 18.9 Å². The first-order valence-electron chi connectivity index (χ1n) is 17.6. The molecule has 0 saturated heterocycles. The van der Waals surface area contributed by atoms with E-state index in [1.165, 1.54) is 53.2 Å². The lowest BCUT2D eigenvalue weighted by Gasteiger charge is -2.21. The number of carbonyl (C=O) groups excluding carboxylic acids is 1. The quantitative estimate of drug-likeness (QED) is 0.0750. The van der Waals surface area contributed by atoms with Crippen molar-refractivity contribution >= 4 is 5.97 Å². The van der Waals surface area contributed by atoms with Crippen LogP contribution in [0.4, 0.5) is 26.3 Å². The summed E-state index contributed by atoms with van der Waals surface area (Å²) >= 11 is 0. The second-order valence-corrected chi connectivity index (χ2v) is 12.7.